The van der Waals surface area contributed by atoms with Gasteiger partial charge in [-0.05, 0) is 48.1 Å². The van der Waals surface area contributed by atoms with Crippen LogP contribution in [0.2, 0.25) is 0 Å². The lowest BCUT2D eigenvalue weighted by molar-refractivity contribution is 0.0734. The van der Waals surface area contributed by atoms with Gasteiger partial charge in [-0.15, -0.1) is 0 Å². The summed E-state index contributed by atoms with van der Waals surface area (Å²) in [6.45, 7) is 0. The Balaban J connectivity index is 1.70. The molecule has 0 spiro atoms. The molecular formula is C19H20N4O. The minimum atomic E-state index is 0.00991. The summed E-state index contributed by atoms with van der Waals surface area (Å²) in [5, 5.41) is 3.78. The lowest BCUT2D eigenvalue weighted by Gasteiger charge is -2.24. The molecule has 2 aromatic rings. The van der Waals surface area contributed by atoms with Crippen molar-refractivity contribution in [2.24, 2.45) is 5.11 Å². The average molecular weight is 320 g/mol. The average Bonchev–Trinajstić information content (AvgIpc) is 3.10. The van der Waals surface area contributed by atoms with E-state index in [1.807, 2.05) is 49.5 Å². The lowest BCUT2D eigenvalue weighted by atomic mass is 10.0. The first kappa shape index (κ1) is 16.1. The number of benzene rings is 2. The summed E-state index contributed by atoms with van der Waals surface area (Å²) in [4.78, 5) is 17.3. The molecule has 0 radical (unpaired) electrons. The third kappa shape index (κ3) is 3.42. The van der Waals surface area contributed by atoms with E-state index in [4.69, 9.17) is 5.53 Å². The van der Waals surface area contributed by atoms with Gasteiger partial charge in [-0.1, -0.05) is 47.6 Å². The number of carbonyl (C=O) groups is 1. The summed E-state index contributed by atoms with van der Waals surface area (Å²) in [7, 11) is 1.83. The van der Waals surface area contributed by atoms with E-state index in [-0.39, 0.29) is 18.0 Å². The Labute approximate surface area is 141 Å². The molecule has 0 N–H and O–H groups in total. The highest BCUT2D eigenvalue weighted by Crippen LogP contribution is 2.27. The molecule has 122 valence electrons. The van der Waals surface area contributed by atoms with Gasteiger partial charge in [-0.3, -0.25) is 4.79 Å². The Morgan fingerprint density at radius 3 is 2.42 bits per heavy atom. The zero-order valence-electron chi connectivity index (χ0n) is 13.7. The van der Waals surface area contributed by atoms with Gasteiger partial charge >= 0.3 is 0 Å². The number of hydrogen-bond acceptors (Lipinski definition) is 2. The Morgan fingerprint density at radius 2 is 1.75 bits per heavy atom. The van der Waals surface area contributed by atoms with Crippen molar-refractivity contribution in [2.45, 2.75) is 31.3 Å². The van der Waals surface area contributed by atoms with Gasteiger partial charge < -0.3 is 4.90 Å². The number of hydrogen-bond donors (Lipinski definition) is 0. The molecule has 24 heavy (non-hydrogen) atoms. The van der Waals surface area contributed by atoms with E-state index in [2.05, 4.69) is 22.2 Å². The molecule has 2 aromatic carbocycles. The van der Waals surface area contributed by atoms with Crippen LogP contribution in [0.4, 0.5) is 0 Å². The van der Waals surface area contributed by atoms with Crippen molar-refractivity contribution in [1.82, 2.24) is 4.90 Å². The molecule has 0 aliphatic heterocycles. The summed E-state index contributed by atoms with van der Waals surface area (Å²) in [6.07, 6.45) is 2.47. The molecule has 0 bridgehead atoms. The smallest absolute Gasteiger partial charge is 0.253 e. The maximum absolute atomic E-state index is 12.7. The summed E-state index contributed by atoms with van der Waals surface area (Å²) >= 11 is 0. The predicted molar refractivity (Wildman–Crippen MR) is 94.5 cm³/mol. The number of amides is 1. The van der Waals surface area contributed by atoms with Crippen molar-refractivity contribution >= 4 is 5.91 Å². The van der Waals surface area contributed by atoms with E-state index in [1.165, 1.54) is 0 Å². The zero-order valence-corrected chi connectivity index (χ0v) is 13.7. The van der Waals surface area contributed by atoms with Crippen LogP contribution >= 0.6 is 0 Å². The summed E-state index contributed by atoms with van der Waals surface area (Å²) in [5.41, 5.74) is 11.5. The highest BCUT2D eigenvalue weighted by Gasteiger charge is 2.29. The van der Waals surface area contributed by atoms with Crippen LogP contribution in [0.1, 0.15) is 29.6 Å². The molecule has 0 heterocycles. The standard InChI is InChI=1S/C19H20N4O/c1-23(18-12-11-17(13-18)21-22-20)19(24)16-9-7-15(8-10-16)14-5-3-2-4-6-14/h2-10,17-18H,11-13H2,1H3/t17-,18+/m0/s1. The molecule has 0 aromatic heterocycles. The molecule has 0 saturated heterocycles. The monoisotopic (exact) mass is 320 g/mol. The third-order valence-corrected chi connectivity index (χ3v) is 4.70. The summed E-state index contributed by atoms with van der Waals surface area (Å²) < 4.78 is 0. The topological polar surface area (TPSA) is 69.1 Å². The zero-order chi connectivity index (χ0) is 16.9. The van der Waals surface area contributed by atoms with Gasteiger partial charge in [0.15, 0.2) is 0 Å². The van der Waals surface area contributed by atoms with Gasteiger partial charge in [0, 0.05) is 29.6 Å². The fraction of sp³-hybridized carbons (Fsp3) is 0.316. The van der Waals surface area contributed by atoms with Crippen LogP contribution in [-0.4, -0.2) is 29.9 Å². The van der Waals surface area contributed by atoms with Crippen molar-refractivity contribution in [1.29, 1.82) is 0 Å². The van der Waals surface area contributed by atoms with Gasteiger partial charge in [-0.25, -0.2) is 0 Å². The van der Waals surface area contributed by atoms with Crippen LogP contribution in [-0.2, 0) is 0 Å². The van der Waals surface area contributed by atoms with Gasteiger partial charge in [0.05, 0.1) is 0 Å². The number of rotatable bonds is 4. The molecule has 3 rings (SSSR count). The van der Waals surface area contributed by atoms with Crippen LogP contribution < -0.4 is 0 Å². The maximum Gasteiger partial charge on any atom is 0.253 e. The van der Waals surface area contributed by atoms with Crippen LogP contribution in [0.5, 0.6) is 0 Å². The maximum atomic E-state index is 12.7. The number of azide groups is 1. The molecule has 2 atom stereocenters. The minimum Gasteiger partial charge on any atom is -0.339 e. The largest absolute Gasteiger partial charge is 0.339 e. The second-order valence-electron chi connectivity index (χ2n) is 6.19. The summed E-state index contributed by atoms with van der Waals surface area (Å²) in [5.74, 6) is 0.0150. The molecule has 1 aliphatic rings. The van der Waals surface area contributed by atoms with Gasteiger partial charge in [0.1, 0.15) is 0 Å². The Bertz CT molecular complexity index is 751. The fourth-order valence-electron chi connectivity index (χ4n) is 3.27. The molecular weight excluding hydrogens is 300 g/mol. The van der Waals surface area contributed by atoms with Crippen molar-refractivity contribution in [3.05, 3.63) is 70.6 Å². The second kappa shape index (κ2) is 7.20. The van der Waals surface area contributed by atoms with Gasteiger partial charge in [-0.2, -0.15) is 0 Å². The third-order valence-electron chi connectivity index (χ3n) is 4.70. The van der Waals surface area contributed by atoms with Crippen molar-refractivity contribution in [3.63, 3.8) is 0 Å². The highest BCUT2D eigenvalue weighted by atomic mass is 16.2. The Kier molecular flexibility index (Phi) is 4.82. The van der Waals surface area contributed by atoms with Gasteiger partial charge in [0.25, 0.3) is 5.91 Å². The Hall–Kier alpha value is -2.78. The normalized spacial score (nSPS) is 19.5. The minimum absolute atomic E-state index is 0.00991. The highest BCUT2D eigenvalue weighted by molar-refractivity contribution is 5.94. The first-order valence-electron chi connectivity index (χ1n) is 8.16. The van der Waals surface area contributed by atoms with Crippen molar-refractivity contribution in [3.8, 4) is 11.1 Å². The van der Waals surface area contributed by atoms with E-state index in [9.17, 15) is 4.79 Å². The van der Waals surface area contributed by atoms with Gasteiger partial charge in [0.2, 0.25) is 0 Å². The number of carbonyl (C=O) groups excluding carboxylic acids is 1. The van der Waals surface area contributed by atoms with Crippen molar-refractivity contribution in [2.75, 3.05) is 7.05 Å². The second-order valence-corrected chi connectivity index (χ2v) is 6.19. The van der Waals surface area contributed by atoms with E-state index >= 15 is 0 Å². The van der Waals surface area contributed by atoms with Crippen molar-refractivity contribution < 1.29 is 4.79 Å². The predicted octanol–water partition coefficient (Wildman–Crippen LogP) is 4.66. The van der Waals surface area contributed by atoms with E-state index in [0.717, 1.165) is 30.4 Å². The fourth-order valence-corrected chi connectivity index (χ4v) is 3.27. The van der Waals surface area contributed by atoms with Crippen LogP contribution in [0.15, 0.2) is 59.7 Å². The lowest BCUT2D eigenvalue weighted by Crippen LogP contribution is -2.35. The molecule has 1 saturated carbocycles. The van der Waals surface area contributed by atoms with Crippen LogP contribution in [0.3, 0.4) is 0 Å². The number of nitrogens with zero attached hydrogens (tertiary/aromatic N) is 4. The SMILES string of the molecule is CN(C(=O)c1ccc(-c2ccccc2)cc1)[C@@H]1CC[C@H](N=[N+]=[N-])C1. The first-order valence-corrected chi connectivity index (χ1v) is 8.16. The van der Waals surface area contributed by atoms with E-state index < -0.39 is 0 Å². The quantitative estimate of drug-likeness (QED) is 0.459. The molecule has 1 aliphatic carbocycles. The molecule has 0 unspecified atom stereocenters. The molecule has 5 heteroatoms. The molecule has 5 nitrogen and oxygen atoms in total. The molecule has 1 amide bonds. The van der Waals surface area contributed by atoms with Crippen LogP contribution in [0.25, 0.3) is 21.6 Å². The molecule has 1 fully saturated rings. The summed E-state index contributed by atoms with van der Waals surface area (Å²) in [6, 6.07) is 18.0. The van der Waals surface area contributed by atoms with E-state index in [1.54, 1.807) is 4.90 Å². The van der Waals surface area contributed by atoms with E-state index in [0.29, 0.717) is 5.56 Å². The van der Waals surface area contributed by atoms with Crippen LogP contribution in [0, 0.1) is 0 Å². The Morgan fingerprint density at radius 1 is 1.08 bits per heavy atom. The first-order chi connectivity index (χ1) is 11.7.